The number of aliphatic imine (C=N–C) groups is 2. The van der Waals surface area contributed by atoms with E-state index in [4.69, 9.17) is 19.7 Å². The van der Waals surface area contributed by atoms with Crippen molar-refractivity contribution in [3.05, 3.63) is 29.0 Å². The summed E-state index contributed by atoms with van der Waals surface area (Å²) in [6, 6.07) is 4.15. The fourth-order valence-corrected chi connectivity index (χ4v) is 4.79. The van der Waals surface area contributed by atoms with E-state index in [9.17, 15) is 4.79 Å². The minimum absolute atomic E-state index is 0.0189. The predicted molar refractivity (Wildman–Crippen MR) is 138 cm³/mol. The van der Waals surface area contributed by atoms with E-state index in [-0.39, 0.29) is 11.8 Å². The van der Waals surface area contributed by atoms with E-state index in [0.717, 1.165) is 60.9 Å². The Bertz CT molecular complexity index is 985. The molecule has 0 bridgehead atoms. The van der Waals surface area contributed by atoms with Gasteiger partial charge in [-0.25, -0.2) is 9.98 Å². The molecule has 7 nitrogen and oxygen atoms in total. The first-order valence-corrected chi connectivity index (χ1v) is 12.9. The molecular weight excluding hydrogens is 426 g/mol. The van der Waals surface area contributed by atoms with Crippen molar-refractivity contribution in [2.75, 3.05) is 44.3 Å². The molecule has 1 saturated carbocycles. The maximum Gasteiger partial charge on any atom is 0.227 e. The van der Waals surface area contributed by atoms with Crippen LogP contribution in [-0.4, -0.2) is 66.6 Å². The van der Waals surface area contributed by atoms with Crippen molar-refractivity contribution in [2.45, 2.75) is 66.2 Å². The first-order valence-electron chi connectivity index (χ1n) is 12.9. The summed E-state index contributed by atoms with van der Waals surface area (Å²) in [5.74, 6) is 1.93. The first kappa shape index (κ1) is 24.6. The Labute approximate surface area is 204 Å². The second-order valence-corrected chi connectivity index (χ2v) is 9.55. The zero-order valence-electron chi connectivity index (χ0n) is 21.3. The normalized spacial score (nSPS) is 21.6. The number of morpholine rings is 1. The second kappa shape index (κ2) is 11.3. The Kier molecular flexibility index (Phi) is 8.14. The SMILES string of the molecule is CCC(=NC(CC)=C1CC1)C(C)=Nc1nc(N2CCCC(C(=O)N3CCOCC3)C2)ccc1C. The number of pyridine rings is 1. The number of nitrogens with zero attached hydrogens (tertiary/aromatic N) is 5. The molecule has 1 aromatic heterocycles. The standard InChI is InChI=1S/C27H39N5O2/c1-5-23(29-24(6-2)21-10-11-21)20(4)28-26-19(3)9-12-25(30-26)32-13-7-8-22(18-32)27(33)31-14-16-34-17-15-31/h9,12,22H,5-8,10-11,13-18H2,1-4H3. The Morgan fingerprint density at radius 3 is 2.59 bits per heavy atom. The van der Waals surface area contributed by atoms with Gasteiger partial charge in [-0.15, -0.1) is 0 Å². The third kappa shape index (κ3) is 5.93. The average molecular weight is 466 g/mol. The predicted octanol–water partition coefficient (Wildman–Crippen LogP) is 4.87. The van der Waals surface area contributed by atoms with Crippen LogP contribution in [0.2, 0.25) is 0 Å². The van der Waals surface area contributed by atoms with E-state index < -0.39 is 0 Å². The summed E-state index contributed by atoms with van der Waals surface area (Å²) in [5, 5.41) is 0. The second-order valence-electron chi connectivity index (χ2n) is 9.55. The summed E-state index contributed by atoms with van der Waals surface area (Å²) < 4.78 is 5.41. The van der Waals surface area contributed by atoms with Gasteiger partial charge in [-0.3, -0.25) is 9.79 Å². The fourth-order valence-electron chi connectivity index (χ4n) is 4.79. The lowest BCUT2D eigenvalue weighted by atomic mass is 9.96. The van der Waals surface area contributed by atoms with E-state index in [1.807, 2.05) is 11.8 Å². The highest BCUT2D eigenvalue weighted by Crippen LogP contribution is 2.34. The van der Waals surface area contributed by atoms with Crippen LogP contribution in [-0.2, 0) is 9.53 Å². The van der Waals surface area contributed by atoms with Crippen molar-refractivity contribution in [3.8, 4) is 0 Å². The minimum atomic E-state index is 0.0189. The molecule has 0 spiro atoms. The van der Waals surface area contributed by atoms with Crippen LogP contribution in [0.4, 0.5) is 11.6 Å². The van der Waals surface area contributed by atoms with Crippen molar-refractivity contribution in [2.24, 2.45) is 15.9 Å². The molecule has 1 aliphatic carbocycles. The van der Waals surface area contributed by atoms with Crippen LogP contribution in [0.5, 0.6) is 0 Å². The average Bonchev–Trinajstić information content (AvgIpc) is 3.71. The van der Waals surface area contributed by atoms with E-state index in [0.29, 0.717) is 32.8 Å². The lowest BCUT2D eigenvalue weighted by Gasteiger charge is -2.36. The van der Waals surface area contributed by atoms with E-state index in [1.165, 1.54) is 24.1 Å². The summed E-state index contributed by atoms with van der Waals surface area (Å²) in [4.78, 5) is 32.1. The van der Waals surface area contributed by atoms with Crippen LogP contribution in [0.3, 0.4) is 0 Å². The lowest BCUT2D eigenvalue weighted by Crippen LogP contribution is -2.48. The van der Waals surface area contributed by atoms with Gasteiger partial charge in [-0.1, -0.05) is 19.9 Å². The van der Waals surface area contributed by atoms with Crippen LogP contribution in [0.15, 0.2) is 33.4 Å². The number of hydrogen-bond acceptors (Lipinski definition) is 6. The van der Waals surface area contributed by atoms with Gasteiger partial charge >= 0.3 is 0 Å². The van der Waals surface area contributed by atoms with Crippen LogP contribution in [0.1, 0.15) is 64.9 Å². The van der Waals surface area contributed by atoms with Gasteiger partial charge < -0.3 is 14.5 Å². The molecule has 3 fully saturated rings. The molecule has 4 rings (SSSR count). The Morgan fingerprint density at radius 1 is 1.15 bits per heavy atom. The van der Waals surface area contributed by atoms with Gasteiger partial charge in [0.25, 0.3) is 0 Å². The summed E-state index contributed by atoms with van der Waals surface area (Å²) in [7, 11) is 0. The smallest absolute Gasteiger partial charge is 0.227 e. The highest BCUT2D eigenvalue weighted by atomic mass is 16.5. The van der Waals surface area contributed by atoms with Crippen LogP contribution < -0.4 is 4.90 Å². The van der Waals surface area contributed by atoms with E-state index in [1.54, 1.807) is 0 Å². The highest BCUT2D eigenvalue weighted by Gasteiger charge is 2.30. The van der Waals surface area contributed by atoms with Gasteiger partial charge in [0.2, 0.25) is 5.91 Å². The molecule has 0 aromatic carbocycles. The summed E-state index contributed by atoms with van der Waals surface area (Å²) in [6.45, 7) is 12.7. The van der Waals surface area contributed by atoms with Gasteiger partial charge in [0.05, 0.1) is 30.6 Å². The number of rotatable bonds is 7. The topological polar surface area (TPSA) is 70.4 Å². The van der Waals surface area contributed by atoms with Crippen molar-refractivity contribution in [1.29, 1.82) is 0 Å². The Hall–Kier alpha value is -2.54. The Balaban J connectivity index is 1.51. The molecule has 2 saturated heterocycles. The molecule has 34 heavy (non-hydrogen) atoms. The van der Waals surface area contributed by atoms with Crippen LogP contribution >= 0.6 is 0 Å². The fraction of sp³-hybridized carbons (Fsp3) is 0.630. The zero-order valence-corrected chi connectivity index (χ0v) is 21.3. The zero-order chi connectivity index (χ0) is 24.1. The van der Waals surface area contributed by atoms with Crippen LogP contribution in [0, 0.1) is 12.8 Å². The molecule has 184 valence electrons. The number of carbonyl (C=O) groups excluding carboxylic acids is 1. The van der Waals surface area contributed by atoms with Gasteiger partial charge in [-0.05, 0) is 69.6 Å². The number of piperidine rings is 1. The van der Waals surface area contributed by atoms with Crippen LogP contribution in [0.25, 0.3) is 0 Å². The Morgan fingerprint density at radius 2 is 1.91 bits per heavy atom. The minimum Gasteiger partial charge on any atom is -0.378 e. The molecule has 1 unspecified atom stereocenters. The number of carbonyl (C=O) groups is 1. The number of anilines is 1. The number of amides is 1. The molecule has 7 heteroatoms. The summed E-state index contributed by atoms with van der Waals surface area (Å²) in [5.41, 5.74) is 5.74. The summed E-state index contributed by atoms with van der Waals surface area (Å²) >= 11 is 0. The molecule has 1 atom stereocenters. The molecule has 2 aliphatic heterocycles. The van der Waals surface area contributed by atoms with Crippen molar-refractivity contribution >= 4 is 29.0 Å². The monoisotopic (exact) mass is 465 g/mol. The third-order valence-corrected chi connectivity index (χ3v) is 7.01. The maximum absolute atomic E-state index is 13.1. The quantitative estimate of drug-likeness (QED) is 0.539. The van der Waals surface area contributed by atoms with Gasteiger partial charge in [0, 0.05) is 31.9 Å². The molecule has 0 N–H and O–H groups in total. The number of ether oxygens (including phenoxy) is 1. The molecule has 3 aliphatic rings. The molecule has 1 aromatic rings. The van der Waals surface area contributed by atoms with E-state index >= 15 is 0 Å². The number of aryl methyl sites for hydroxylation is 1. The van der Waals surface area contributed by atoms with Gasteiger partial charge in [0.15, 0.2) is 5.82 Å². The van der Waals surface area contributed by atoms with Crippen molar-refractivity contribution < 1.29 is 9.53 Å². The van der Waals surface area contributed by atoms with Crippen molar-refractivity contribution in [1.82, 2.24) is 9.88 Å². The number of aromatic nitrogens is 1. The largest absolute Gasteiger partial charge is 0.378 e. The number of allylic oxidation sites excluding steroid dienone is 2. The molecule has 0 radical (unpaired) electrons. The van der Waals surface area contributed by atoms with Gasteiger partial charge in [-0.2, -0.15) is 0 Å². The summed E-state index contributed by atoms with van der Waals surface area (Å²) in [6.07, 6.45) is 6.13. The van der Waals surface area contributed by atoms with Gasteiger partial charge in [0.1, 0.15) is 5.82 Å². The highest BCUT2D eigenvalue weighted by molar-refractivity contribution is 6.42. The lowest BCUT2D eigenvalue weighted by molar-refractivity contribution is -0.139. The molecule has 1 amide bonds. The maximum atomic E-state index is 13.1. The number of hydrogen-bond donors (Lipinski definition) is 0. The van der Waals surface area contributed by atoms with Crippen molar-refractivity contribution in [3.63, 3.8) is 0 Å². The molecular formula is C27H39N5O2. The first-order chi connectivity index (χ1) is 16.5. The molecule has 3 heterocycles. The van der Waals surface area contributed by atoms with E-state index in [2.05, 4.69) is 37.8 Å². The third-order valence-electron chi connectivity index (χ3n) is 7.01.